The number of nitrogens with zero attached hydrogens (tertiary/aromatic N) is 2. The topological polar surface area (TPSA) is 82.3 Å². The maximum Gasteiger partial charge on any atom is 0.329 e. The quantitative estimate of drug-likeness (QED) is 0.369. The molecule has 0 radical (unpaired) electrons. The number of nitrogens with one attached hydrogen (secondary N) is 1. The van der Waals surface area contributed by atoms with Gasteiger partial charge in [-0.1, -0.05) is 48.9 Å². The molecule has 0 saturated heterocycles. The molecule has 0 aliphatic heterocycles. The number of aromatic nitrogens is 2. The Bertz CT molecular complexity index is 1110. The molecule has 0 spiro atoms. The van der Waals surface area contributed by atoms with Gasteiger partial charge < -0.3 is 10.1 Å². The number of rotatable bonds is 11. The van der Waals surface area contributed by atoms with Crippen molar-refractivity contribution < 1.29 is 14.3 Å². The van der Waals surface area contributed by atoms with E-state index in [4.69, 9.17) is 4.74 Å². The average molecular weight is 438 g/mol. The van der Waals surface area contributed by atoms with Crippen molar-refractivity contribution in [3.8, 4) is 0 Å². The van der Waals surface area contributed by atoms with Gasteiger partial charge in [0.25, 0.3) is 0 Å². The van der Waals surface area contributed by atoms with Crippen molar-refractivity contribution in [3.05, 3.63) is 70.1 Å². The molecular weight excluding hydrogens is 406 g/mol. The summed E-state index contributed by atoms with van der Waals surface area (Å²) in [4.78, 5) is 36.8. The summed E-state index contributed by atoms with van der Waals surface area (Å²) in [5.74, 6) is -0.463. The van der Waals surface area contributed by atoms with E-state index in [1.165, 1.54) is 5.56 Å². The second-order valence-corrected chi connectivity index (χ2v) is 7.88. The van der Waals surface area contributed by atoms with Crippen LogP contribution in [0.15, 0.2) is 53.3 Å². The minimum Gasteiger partial charge on any atom is -0.464 e. The smallest absolute Gasteiger partial charge is 0.329 e. The molecule has 170 valence electrons. The van der Waals surface area contributed by atoms with Gasteiger partial charge in [-0.15, -0.1) is 0 Å². The molecule has 2 aromatic carbocycles. The minimum absolute atomic E-state index is 0.0723. The number of imidazole rings is 1. The third kappa shape index (κ3) is 6.09. The Morgan fingerprint density at radius 2 is 1.59 bits per heavy atom. The van der Waals surface area contributed by atoms with Crippen LogP contribution in [0.25, 0.3) is 11.0 Å². The first kappa shape index (κ1) is 23.3. The Hall–Kier alpha value is -3.35. The van der Waals surface area contributed by atoms with Gasteiger partial charge in [0, 0.05) is 19.5 Å². The first-order valence-corrected chi connectivity index (χ1v) is 11.2. The normalized spacial score (nSPS) is 10.9. The van der Waals surface area contributed by atoms with Crippen LogP contribution in [0.3, 0.4) is 0 Å². The maximum absolute atomic E-state index is 12.7. The molecule has 0 saturated carbocycles. The van der Waals surface area contributed by atoms with Gasteiger partial charge in [0.2, 0.25) is 5.91 Å². The predicted octanol–water partition coefficient (Wildman–Crippen LogP) is 3.20. The van der Waals surface area contributed by atoms with Crippen molar-refractivity contribution in [2.24, 2.45) is 0 Å². The van der Waals surface area contributed by atoms with Gasteiger partial charge >= 0.3 is 11.7 Å². The summed E-state index contributed by atoms with van der Waals surface area (Å²) >= 11 is 0. The predicted molar refractivity (Wildman–Crippen MR) is 125 cm³/mol. The standard InChI is InChI=1S/C25H31N3O4/c1-3-16-27-21-6-4-5-7-22(21)28(25(27)31)17-14-24(30)32-18-15-26-23(29)13-12-20-10-8-19(2)9-11-20/h4-11H,3,12-18H2,1-2H3,(H,26,29). The van der Waals surface area contributed by atoms with Gasteiger partial charge in [-0.25, -0.2) is 4.79 Å². The van der Waals surface area contributed by atoms with E-state index in [1.54, 1.807) is 9.13 Å². The molecule has 0 unspecified atom stereocenters. The van der Waals surface area contributed by atoms with Crippen LogP contribution in [0.4, 0.5) is 0 Å². The zero-order chi connectivity index (χ0) is 22.9. The van der Waals surface area contributed by atoms with Gasteiger partial charge in [0.1, 0.15) is 6.61 Å². The lowest BCUT2D eigenvalue weighted by Gasteiger charge is -2.08. The number of hydrogen-bond donors (Lipinski definition) is 1. The van der Waals surface area contributed by atoms with Crippen LogP contribution < -0.4 is 11.0 Å². The summed E-state index contributed by atoms with van der Waals surface area (Å²) in [6.07, 6.45) is 2.02. The van der Waals surface area contributed by atoms with E-state index in [0.29, 0.717) is 19.4 Å². The molecule has 1 amide bonds. The largest absolute Gasteiger partial charge is 0.464 e. The lowest BCUT2D eigenvalue weighted by Crippen LogP contribution is -2.29. The molecule has 3 aromatic rings. The average Bonchev–Trinajstić information content (AvgIpc) is 3.06. The van der Waals surface area contributed by atoms with Gasteiger partial charge in [-0.05, 0) is 37.5 Å². The summed E-state index contributed by atoms with van der Waals surface area (Å²) in [5.41, 5.74) is 3.90. The number of amides is 1. The van der Waals surface area contributed by atoms with E-state index >= 15 is 0 Å². The monoisotopic (exact) mass is 437 g/mol. The number of hydrogen-bond acceptors (Lipinski definition) is 4. The third-order valence-corrected chi connectivity index (χ3v) is 5.36. The van der Waals surface area contributed by atoms with Gasteiger partial charge in [-0.3, -0.25) is 18.7 Å². The van der Waals surface area contributed by atoms with Crippen LogP contribution in [0.1, 0.15) is 37.3 Å². The van der Waals surface area contributed by atoms with E-state index < -0.39 is 5.97 Å². The van der Waals surface area contributed by atoms with Crippen LogP contribution in [0, 0.1) is 6.92 Å². The molecule has 0 aliphatic carbocycles. The maximum atomic E-state index is 12.7. The van der Waals surface area contributed by atoms with Crippen molar-refractivity contribution in [2.75, 3.05) is 13.2 Å². The van der Waals surface area contributed by atoms with Gasteiger partial charge in [0.05, 0.1) is 24.0 Å². The molecular formula is C25H31N3O4. The fraction of sp³-hybridized carbons (Fsp3) is 0.400. The number of carbonyl (C=O) groups is 2. The fourth-order valence-electron chi connectivity index (χ4n) is 3.66. The van der Waals surface area contributed by atoms with E-state index in [-0.39, 0.29) is 37.7 Å². The van der Waals surface area contributed by atoms with E-state index in [2.05, 4.69) is 5.32 Å². The molecule has 0 aliphatic rings. The number of carbonyl (C=O) groups excluding carboxylic acids is 2. The summed E-state index contributed by atoms with van der Waals surface area (Å²) in [6, 6.07) is 15.7. The molecule has 7 heteroatoms. The van der Waals surface area contributed by atoms with Gasteiger partial charge in [-0.2, -0.15) is 0 Å². The number of fused-ring (bicyclic) bond motifs is 1. The van der Waals surface area contributed by atoms with Gasteiger partial charge in [0.15, 0.2) is 0 Å². The van der Waals surface area contributed by atoms with E-state index in [0.717, 1.165) is 23.0 Å². The van der Waals surface area contributed by atoms with Crippen molar-refractivity contribution in [2.45, 2.75) is 52.6 Å². The SMILES string of the molecule is CCCn1c(=O)n(CCC(=O)OCCNC(=O)CCc2ccc(C)cc2)c2ccccc21. The molecule has 1 heterocycles. The first-order valence-electron chi connectivity index (χ1n) is 11.2. The van der Waals surface area contributed by atoms with E-state index in [9.17, 15) is 14.4 Å². The highest BCUT2D eigenvalue weighted by Crippen LogP contribution is 2.13. The second-order valence-electron chi connectivity index (χ2n) is 7.88. The second kappa shape index (κ2) is 11.3. The Labute approximate surface area is 188 Å². The Morgan fingerprint density at radius 3 is 2.25 bits per heavy atom. The Morgan fingerprint density at radius 1 is 0.938 bits per heavy atom. The van der Waals surface area contributed by atoms with Crippen LogP contribution in [0.5, 0.6) is 0 Å². The number of benzene rings is 2. The molecule has 32 heavy (non-hydrogen) atoms. The molecule has 0 fully saturated rings. The number of ether oxygens (including phenoxy) is 1. The van der Waals surface area contributed by atoms with Crippen LogP contribution in [0.2, 0.25) is 0 Å². The molecule has 3 rings (SSSR count). The summed E-state index contributed by atoms with van der Waals surface area (Å²) in [5, 5.41) is 2.77. The lowest BCUT2D eigenvalue weighted by atomic mass is 10.1. The zero-order valence-corrected chi connectivity index (χ0v) is 18.8. The fourth-order valence-corrected chi connectivity index (χ4v) is 3.66. The van der Waals surface area contributed by atoms with Crippen molar-refractivity contribution in [1.82, 2.24) is 14.5 Å². The molecule has 0 atom stereocenters. The molecule has 7 nitrogen and oxygen atoms in total. The first-order chi connectivity index (χ1) is 15.5. The van der Waals surface area contributed by atoms with Crippen molar-refractivity contribution >= 4 is 22.9 Å². The summed E-state index contributed by atoms with van der Waals surface area (Å²) < 4.78 is 8.59. The Balaban J connectivity index is 1.40. The lowest BCUT2D eigenvalue weighted by molar-refractivity contribution is -0.144. The van der Waals surface area contributed by atoms with Crippen LogP contribution >= 0.6 is 0 Å². The number of aryl methyl sites for hydroxylation is 4. The third-order valence-electron chi connectivity index (χ3n) is 5.36. The van der Waals surface area contributed by atoms with Crippen molar-refractivity contribution in [3.63, 3.8) is 0 Å². The molecule has 0 bridgehead atoms. The highest BCUT2D eigenvalue weighted by Gasteiger charge is 2.13. The van der Waals surface area contributed by atoms with Crippen LogP contribution in [-0.2, 0) is 33.8 Å². The molecule has 1 aromatic heterocycles. The molecule has 1 N–H and O–H groups in total. The van der Waals surface area contributed by atoms with Crippen LogP contribution in [-0.4, -0.2) is 34.2 Å². The summed E-state index contributed by atoms with van der Waals surface area (Å²) in [6.45, 7) is 5.34. The number of para-hydroxylation sites is 2. The minimum atomic E-state index is -0.391. The van der Waals surface area contributed by atoms with Crippen molar-refractivity contribution in [1.29, 1.82) is 0 Å². The zero-order valence-electron chi connectivity index (χ0n) is 18.8. The highest BCUT2D eigenvalue weighted by atomic mass is 16.5. The number of esters is 1. The Kier molecular flexibility index (Phi) is 8.25. The summed E-state index contributed by atoms with van der Waals surface area (Å²) in [7, 11) is 0. The van der Waals surface area contributed by atoms with E-state index in [1.807, 2.05) is 62.4 Å². The highest BCUT2D eigenvalue weighted by molar-refractivity contribution is 5.77.